The molecule has 2 rings (SSSR count). The minimum Gasteiger partial charge on any atom is -0.450 e. The number of carbonyl (C=O) groups is 2. The Bertz CT molecular complexity index is 1640. The molecule has 0 heterocycles. The van der Waals surface area contributed by atoms with Crippen LogP contribution < -0.4 is 0 Å². The Morgan fingerprint density at radius 2 is 1.03 bits per heavy atom. The van der Waals surface area contributed by atoms with Gasteiger partial charge in [-0.15, -0.1) is 0 Å². The summed E-state index contributed by atoms with van der Waals surface area (Å²) in [4.78, 5) is 26.1. The van der Waals surface area contributed by atoms with Gasteiger partial charge in [0.15, 0.2) is 12.7 Å². The summed E-state index contributed by atoms with van der Waals surface area (Å²) in [5.41, 5.74) is -7.81. The molecule has 0 aliphatic rings. The highest BCUT2D eigenvalue weighted by molar-refractivity contribution is 5.83. The molecule has 3 atom stereocenters. The fourth-order valence-electron chi connectivity index (χ4n) is 6.43. The smallest absolute Gasteiger partial charge is 0.432 e. The van der Waals surface area contributed by atoms with Crippen LogP contribution in [0.4, 0.5) is 26.3 Å². The molecule has 0 spiro atoms. The highest BCUT2D eigenvalue weighted by atomic mass is 19.4. The van der Waals surface area contributed by atoms with Crippen molar-refractivity contribution in [2.24, 2.45) is 5.92 Å². The molecule has 320 valence electrons. The van der Waals surface area contributed by atoms with Crippen molar-refractivity contribution in [3.63, 3.8) is 0 Å². The third-order valence-corrected chi connectivity index (χ3v) is 9.66. The molecule has 0 N–H and O–H groups in total. The van der Waals surface area contributed by atoms with Crippen LogP contribution in [0, 0.1) is 29.6 Å². The van der Waals surface area contributed by atoms with E-state index in [0.717, 1.165) is 89.3 Å². The van der Waals surface area contributed by atoms with Gasteiger partial charge in [-0.2, -0.15) is 26.3 Å². The number of rotatable bonds is 25. The molecule has 0 fully saturated rings. The minimum atomic E-state index is -5.20. The second kappa shape index (κ2) is 26.0. The van der Waals surface area contributed by atoms with Gasteiger partial charge < -0.3 is 18.9 Å². The number of alkyl halides is 6. The lowest BCUT2D eigenvalue weighted by atomic mass is 9.92. The van der Waals surface area contributed by atoms with Crippen LogP contribution in [0.15, 0.2) is 72.8 Å². The Morgan fingerprint density at radius 3 is 1.48 bits per heavy atom. The van der Waals surface area contributed by atoms with Crippen molar-refractivity contribution in [1.29, 1.82) is 0 Å². The maximum Gasteiger partial charge on any atom is 0.432 e. The molecule has 0 amide bonds. The van der Waals surface area contributed by atoms with E-state index in [9.17, 15) is 35.9 Å². The van der Waals surface area contributed by atoms with Crippen LogP contribution in [0.2, 0.25) is 0 Å². The number of benzene rings is 2. The lowest BCUT2D eigenvalue weighted by Gasteiger charge is -2.33. The zero-order valence-corrected chi connectivity index (χ0v) is 34.1. The summed E-state index contributed by atoms with van der Waals surface area (Å²) in [5.74, 6) is 6.83. The Balaban J connectivity index is 2.01. The van der Waals surface area contributed by atoms with Gasteiger partial charge in [0.25, 0.3) is 11.2 Å². The van der Waals surface area contributed by atoms with E-state index in [2.05, 4.69) is 54.4 Å². The molecule has 12 heteroatoms. The number of methoxy groups -OCH3 is 2. The van der Waals surface area contributed by atoms with E-state index >= 15 is 0 Å². The van der Waals surface area contributed by atoms with Crippen molar-refractivity contribution in [3.8, 4) is 23.7 Å². The maximum absolute atomic E-state index is 14.5. The van der Waals surface area contributed by atoms with E-state index in [1.165, 1.54) is 68.5 Å². The van der Waals surface area contributed by atoms with Crippen molar-refractivity contribution < 1.29 is 54.9 Å². The molecule has 0 aromatic heterocycles. The summed E-state index contributed by atoms with van der Waals surface area (Å²) in [6.07, 6.45) is 7.74. The third kappa shape index (κ3) is 15.5. The van der Waals surface area contributed by atoms with Gasteiger partial charge in [0.2, 0.25) is 0 Å². The van der Waals surface area contributed by atoms with Crippen molar-refractivity contribution in [2.45, 2.75) is 140 Å². The van der Waals surface area contributed by atoms with Crippen LogP contribution in [0.5, 0.6) is 0 Å². The molecule has 0 saturated heterocycles. The standard InChI is InChI=1S/C46H58F6O6/c1-37(2)29-21-16-14-12-10-8-6-5-7-9-11-13-15-17-26-34-40(58-42(54)44(56-4,46(50,51)52)39-32-24-19-25-33-39)35-27-20-28-36-57-41(53)43(55-3,45(47,48)49)38-30-22-18-23-31-38/h6,8,18-19,22-25,30-33,37,40H,5,7,9-17,21,26,29,34,36H2,1-4H3/b8-6-/t40-,43+,44+/m1/s1. The second-order valence-corrected chi connectivity index (χ2v) is 14.4. The minimum absolute atomic E-state index is 0.0867. The summed E-state index contributed by atoms with van der Waals surface area (Å²) in [7, 11) is 1.49. The van der Waals surface area contributed by atoms with Gasteiger partial charge in [-0.25, -0.2) is 9.59 Å². The number of unbranched alkanes of at least 4 members (excludes halogenated alkanes) is 11. The fraction of sp³-hybridized carbons (Fsp3) is 0.565. The van der Waals surface area contributed by atoms with Gasteiger partial charge in [0.1, 0.15) is 0 Å². The lowest BCUT2D eigenvalue weighted by Crippen LogP contribution is -2.52. The maximum atomic E-state index is 14.5. The first-order valence-electron chi connectivity index (χ1n) is 20.0. The quantitative estimate of drug-likeness (QED) is 0.0327. The molecular formula is C46H58F6O6. The molecule has 0 aliphatic heterocycles. The molecule has 0 bridgehead atoms. The number of carbonyl (C=O) groups excluding carboxylic acids is 2. The first-order chi connectivity index (χ1) is 27.7. The normalized spacial score (nSPS) is 14.4. The summed E-state index contributed by atoms with van der Waals surface area (Å²) in [6.45, 7) is 3.71. The molecule has 0 saturated carbocycles. The lowest BCUT2D eigenvalue weighted by molar-refractivity contribution is -0.277. The van der Waals surface area contributed by atoms with Gasteiger partial charge in [-0.1, -0.05) is 144 Å². The van der Waals surface area contributed by atoms with Crippen LogP contribution in [0.1, 0.15) is 121 Å². The molecule has 0 radical (unpaired) electrons. The summed E-state index contributed by atoms with van der Waals surface area (Å²) < 4.78 is 106. The fourth-order valence-corrected chi connectivity index (χ4v) is 6.43. The number of allylic oxidation sites excluding steroid dienone is 2. The zero-order valence-electron chi connectivity index (χ0n) is 34.1. The number of esters is 2. The predicted octanol–water partition coefficient (Wildman–Crippen LogP) is 11.7. The van der Waals surface area contributed by atoms with E-state index in [1.54, 1.807) is 0 Å². The molecule has 6 nitrogen and oxygen atoms in total. The topological polar surface area (TPSA) is 71.1 Å². The van der Waals surface area contributed by atoms with E-state index < -0.39 is 59.3 Å². The van der Waals surface area contributed by atoms with Gasteiger partial charge in [-0.3, -0.25) is 0 Å². The Kier molecular flexibility index (Phi) is 22.3. The van der Waals surface area contributed by atoms with Crippen LogP contribution in [-0.4, -0.2) is 51.2 Å². The average molecular weight is 821 g/mol. The molecule has 2 aromatic rings. The average Bonchev–Trinajstić information content (AvgIpc) is 3.17. The molecule has 0 aliphatic carbocycles. The van der Waals surface area contributed by atoms with Crippen molar-refractivity contribution >= 4 is 11.9 Å². The van der Waals surface area contributed by atoms with Gasteiger partial charge in [-0.05, 0) is 68.1 Å². The molecule has 0 unspecified atom stereocenters. The van der Waals surface area contributed by atoms with Gasteiger partial charge in [0, 0.05) is 25.3 Å². The van der Waals surface area contributed by atoms with Crippen LogP contribution in [0.3, 0.4) is 0 Å². The van der Waals surface area contributed by atoms with E-state index in [1.807, 2.05) is 0 Å². The summed E-state index contributed by atoms with van der Waals surface area (Å²) >= 11 is 0. The van der Waals surface area contributed by atoms with Crippen molar-refractivity contribution in [2.75, 3.05) is 20.8 Å². The Hall–Kier alpha value is -4.26. The van der Waals surface area contributed by atoms with E-state index in [4.69, 9.17) is 14.2 Å². The number of halogens is 6. The SMILES string of the molecule is CO[C@](C(=O)OCC#CC#C[C@@H](CCCCCCCCC/C=C\CCCCCCC(C)C)OC(=O)[C@@](OC)(c1ccccc1)C(F)(F)F)(c1ccccc1)C(F)(F)F. The summed E-state index contributed by atoms with van der Waals surface area (Å²) in [6, 6.07) is 12.6. The van der Waals surface area contributed by atoms with E-state index in [0.29, 0.717) is 12.8 Å². The molecule has 2 aromatic carbocycles. The molecule has 58 heavy (non-hydrogen) atoms. The molecular weight excluding hydrogens is 762 g/mol. The number of hydrogen-bond acceptors (Lipinski definition) is 6. The largest absolute Gasteiger partial charge is 0.450 e. The first kappa shape index (κ1) is 49.9. The van der Waals surface area contributed by atoms with Crippen LogP contribution in [-0.2, 0) is 39.7 Å². The Morgan fingerprint density at radius 1 is 0.603 bits per heavy atom. The number of ether oxygens (including phenoxy) is 4. The number of hydrogen-bond donors (Lipinski definition) is 0. The predicted molar refractivity (Wildman–Crippen MR) is 212 cm³/mol. The van der Waals surface area contributed by atoms with Crippen LogP contribution >= 0.6 is 0 Å². The van der Waals surface area contributed by atoms with Gasteiger partial charge in [0.05, 0.1) is 0 Å². The third-order valence-electron chi connectivity index (χ3n) is 9.66. The van der Waals surface area contributed by atoms with Gasteiger partial charge >= 0.3 is 24.3 Å². The highest BCUT2D eigenvalue weighted by Gasteiger charge is 2.65. The summed E-state index contributed by atoms with van der Waals surface area (Å²) in [5, 5.41) is 0. The van der Waals surface area contributed by atoms with Crippen LogP contribution in [0.25, 0.3) is 0 Å². The van der Waals surface area contributed by atoms with Crippen molar-refractivity contribution in [1.82, 2.24) is 0 Å². The van der Waals surface area contributed by atoms with Crippen molar-refractivity contribution in [3.05, 3.63) is 83.9 Å². The van der Waals surface area contributed by atoms with E-state index in [-0.39, 0.29) is 6.42 Å². The Labute approximate surface area is 340 Å². The zero-order chi connectivity index (χ0) is 42.9. The monoisotopic (exact) mass is 820 g/mol. The second-order valence-electron chi connectivity index (χ2n) is 14.4. The first-order valence-corrected chi connectivity index (χ1v) is 20.0. The highest BCUT2D eigenvalue weighted by Crippen LogP contribution is 2.44.